The van der Waals surface area contributed by atoms with Crippen LogP contribution in [0.15, 0.2) is 54.6 Å². The van der Waals surface area contributed by atoms with E-state index >= 15 is 0 Å². The molecule has 5 heteroatoms. The van der Waals surface area contributed by atoms with Crippen molar-refractivity contribution in [1.29, 1.82) is 5.41 Å². The number of carbonyl (C=O) groups excluding carboxylic acids is 1. The van der Waals surface area contributed by atoms with Crippen molar-refractivity contribution in [2.45, 2.75) is 32.0 Å². The Hall–Kier alpha value is -2.82. The molecule has 1 unspecified atom stereocenters. The van der Waals surface area contributed by atoms with Gasteiger partial charge in [-0.3, -0.25) is 10.2 Å². The number of likely N-dealkylation sites (tertiary alicyclic amines) is 1. The quantitative estimate of drug-likeness (QED) is 0.449. The molecule has 1 atom stereocenters. The van der Waals surface area contributed by atoms with Crippen molar-refractivity contribution in [3.05, 3.63) is 65.7 Å². The van der Waals surface area contributed by atoms with E-state index < -0.39 is 0 Å². The Labute approximate surface area is 142 Å². The maximum atomic E-state index is 12.2. The van der Waals surface area contributed by atoms with E-state index in [-0.39, 0.29) is 11.9 Å². The summed E-state index contributed by atoms with van der Waals surface area (Å²) in [7, 11) is 0. The first-order valence-corrected chi connectivity index (χ1v) is 8.13. The van der Waals surface area contributed by atoms with E-state index in [1.807, 2.05) is 54.6 Å². The maximum absolute atomic E-state index is 12.2. The molecule has 3 rings (SSSR count). The van der Waals surface area contributed by atoms with Gasteiger partial charge in [-0.2, -0.15) is 0 Å². The summed E-state index contributed by atoms with van der Waals surface area (Å²) in [6.07, 6.45) is 1.20. The molecule has 2 aromatic carbocycles. The number of nitrogens with one attached hydrogen (secondary N) is 2. The molecule has 0 bridgehead atoms. The van der Waals surface area contributed by atoms with E-state index in [1.165, 1.54) is 0 Å². The topological polar surface area (TPSA) is 82.2 Å². The van der Waals surface area contributed by atoms with E-state index in [1.54, 1.807) is 4.90 Å². The zero-order chi connectivity index (χ0) is 16.9. The predicted octanol–water partition coefficient (Wildman–Crippen LogP) is 2.53. The van der Waals surface area contributed by atoms with Crippen molar-refractivity contribution in [3.63, 3.8) is 0 Å². The van der Waals surface area contributed by atoms with Gasteiger partial charge in [0.25, 0.3) is 0 Å². The highest BCUT2D eigenvalue weighted by Crippen LogP contribution is 2.22. The number of rotatable bonds is 5. The van der Waals surface area contributed by atoms with Gasteiger partial charge in [-0.05, 0) is 29.7 Å². The largest absolute Gasteiger partial charge is 0.399 e. The molecule has 1 heterocycles. The minimum absolute atomic E-state index is 0.114. The fourth-order valence-corrected chi connectivity index (χ4v) is 2.96. The summed E-state index contributed by atoms with van der Waals surface area (Å²) >= 11 is 0. The lowest BCUT2D eigenvalue weighted by atomic mass is 10.1. The summed E-state index contributed by atoms with van der Waals surface area (Å²) in [5.74, 6) is 0.511. The Kier molecular flexibility index (Phi) is 4.79. The summed E-state index contributed by atoms with van der Waals surface area (Å²) < 4.78 is 0. The first-order valence-electron chi connectivity index (χ1n) is 8.13. The predicted molar refractivity (Wildman–Crippen MR) is 95.4 cm³/mol. The second-order valence-corrected chi connectivity index (χ2v) is 6.07. The van der Waals surface area contributed by atoms with Crippen LogP contribution in [0.3, 0.4) is 0 Å². The SMILES string of the molecule is N=C(NCc1ccc(N)cc1)C1CCC(=O)N1Cc1ccccc1. The van der Waals surface area contributed by atoms with Gasteiger partial charge in [0.2, 0.25) is 5.91 Å². The van der Waals surface area contributed by atoms with E-state index in [0.29, 0.717) is 31.8 Å². The van der Waals surface area contributed by atoms with Gasteiger partial charge in [-0.15, -0.1) is 0 Å². The van der Waals surface area contributed by atoms with E-state index in [2.05, 4.69) is 5.32 Å². The summed E-state index contributed by atoms with van der Waals surface area (Å²) in [6.45, 7) is 1.11. The van der Waals surface area contributed by atoms with Crippen LogP contribution in [0.25, 0.3) is 0 Å². The molecule has 1 amide bonds. The van der Waals surface area contributed by atoms with Crippen molar-refractivity contribution in [3.8, 4) is 0 Å². The fourth-order valence-electron chi connectivity index (χ4n) is 2.96. The number of hydrogen-bond donors (Lipinski definition) is 3. The lowest BCUT2D eigenvalue weighted by Crippen LogP contribution is -2.43. The van der Waals surface area contributed by atoms with Crippen molar-refractivity contribution >= 4 is 17.4 Å². The smallest absolute Gasteiger partial charge is 0.223 e. The number of amides is 1. The monoisotopic (exact) mass is 322 g/mol. The average molecular weight is 322 g/mol. The lowest BCUT2D eigenvalue weighted by Gasteiger charge is -2.26. The van der Waals surface area contributed by atoms with Gasteiger partial charge in [0, 0.05) is 25.2 Å². The number of amidine groups is 1. The van der Waals surface area contributed by atoms with Crippen LogP contribution in [0.5, 0.6) is 0 Å². The summed E-state index contributed by atoms with van der Waals surface area (Å²) in [5.41, 5.74) is 8.56. The van der Waals surface area contributed by atoms with Crippen molar-refractivity contribution < 1.29 is 4.79 Å². The minimum Gasteiger partial charge on any atom is -0.399 e. The van der Waals surface area contributed by atoms with Crippen LogP contribution in [0.4, 0.5) is 5.69 Å². The molecule has 1 aliphatic heterocycles. The first kappa shape index (κ1) is 16.1. The Bertz CT molecular complexity index is 712. The van der Waals surface area contributed by atoms with Crippen LogP contribution < -0.4 is 11.1 Å². The van der Waals surface area contributed by atoms with Crippen molar-refractivity contribution in [1.82, 2.24) is 10.2 Å². The van der Waals surface area contributed by atoms with Gasteiger partial charge in [0.1, 0.15) is 5.84 Å². The molecule has 5 nitrogen and oxygen atoms in total. The fraction of sp³-hybridized carbons (Fsp3) is 0.263. The highest BCUT2D eigenvalue weighted by atomic mass is 16.2. The highest BCUT2D eigenvalue weighted by Gasteiger charge is 2.33. The number of anilines is 1. The third-order valence-corrected chi connectivity index (χ3v) is 4.32. The van der Waals surface area contributed by atoms with Crippen LogP contribution >= 0.6 is 0 Å². The normalized spacial score (nSPS) is 17.1. The average Bonchev–Trinajstić information content (AvgIpc) is 2.96. The Morgan fingerprint density at radius 2 is 1.83 bits per heavy atom. The van der Waals surface area contributed by atoms with E-state index in [9.17, 15) is 4.79 Å². The molecule has 0 radical (unpaired) electrons. The molecule has 24 heavy (non-hydrogen) atoms. The van der Waals surface area contributed by atoms with E-state index in [4.69, 9.17) is 11.1 Å². The molecule has 1 fully saturated rings. The van der Waals surface area contributed by atoms with Gasteiger partial charge in [-0.25, -0.2) is 0 Å². The molecule has 0 aliphatic carbocycles. The van der Waals surface area contributed by atoms with Gasteiger partial charge < -0.3 is 16.0 Å². The Morgan fingerprint density at radius 3 is 2.54 bits per heavy atom. The lowest BCUT2D eigenvalue weighted by molar-refractivity contribution is -0.128. The van der Waals surface area contributed by atoms with Crippen LogP contribution in [0.2, 0.25) is 0 Å². The molecular weight excluding hydrogens is 300 g/mol. The molecule has 1 aliphatic rings. The molecule has 124 valence electrons. The van der Waals surface area contributed by atoms with Gasteiger partial charge in [-0.1, -0.05) is 42.5 Å². The Balaban J connectivity index is 1.62. The summed E-state index contributed by atoms with van der Waals surface area (Å²) in [6, 6.07) is 17.3. The zero-order valence-corrected chi connectivity index (χ0v) is 13.5. The molecule has 0 saturated carbocycles. The molecule has 0 aromatic heterocycles. The number of carbonyl (C=O) groups is 1. The molecule has 1 saturated heterocycles. The first-order chi connectivity index (χ1) is 11.6. The van der Waals surface area contributed by atoms with Gasteiger partial charge in [0.05, 0.1) is 6.04 Å². The third-order valence-electron chi connectivity index (χ3n) is 4.32. The molecule has 2 aromatic rings. The number of hydrogen-bond acceptors (Lipinski definition) is 3. The van der Waals surface area contributed by atoms with Crippen LogP contribution in [0.1, 0.15) is 24.0 Å². The summed E-state index contributed by atoms with van der Waals surface area (Å²) in [5, 5.41) is 11.5. The van der Waals surface area contributed by atoms with Gasteiger partial charge in [0.15, 0.2) is 0 Å². The second-order valence-electron chi connectivity index (χ2n) is 6.07. The zero-order valence-electron chi connectivity index (χ0n) is 13.5. The highest BCUT2D eigenvalue weighted by molar-refractivity contribution is 5.92. The number of benzene rings is 2. The molecule has 0 spiro atoms. The third kappa shape index (κ3) is 3.74. The number of nitrogens with zero attached hydrogens (tertiary/aromatic N) is 1. The molecule has 4 N–H and O–H groups in total. The minimum atomic E-state index is -0.175. The van der Waals surface area contributed by atoms with Crippen molar-refractivity contribution in [2.75, 3.05) is 5.73 Å². The van der Waals surface area contributed by atoms with Gasteiger partial charge >= 0.3 is 0 Å². The van der Waals surface area contributed by atoms with Crippen LogP contribution in [-0.4, -0.2) is 22.7 Å². The maximum Gasteiger partial charge on any atom is 0.223 e. The number of nitrogen functional groups attached to an aromatic ring is 1. The molecular formula is C19H22N4O. The number of nitrogens with two attached hydrogens (primary N) is 1. The standard InChI is InChI=1S/C19H22N4O/c20-16-8-6-14(7-9-16)12-22-19(21)17-10-11-18(24)23(17)13-15-4-2-1-3-5-15/h1-9,17H,10-13,20H2,(H2,21,22). The van der Waals surface area contributed by atoms with E-state index in [0.717, 1.165) is 16.8 Å². The van der Waals surface area contributed by atoms with Crippen LogP contribution in [0, 0.1) is 5.41 Å². The summed E-state index contributed by atoms with van der Waals surface area (Å²) in [4.78, 5) is 14.0. The van der Waals surface area contributed by atoms with Crippen LogP contribution in [-0.2, 0) is 17.9 Å². The van der Waals surface area contributed by atoms with Crippen molar-refractivity contribution in [2.24, 2.45) is 0 Å². The Morgan fingerprint density at radius 1 is 1.12 bits per heavy atom. The second kappa shape index (κ2) is 7.17.